The number of rotatable bonds is 8. The molecule has 4 amide bonds. The van der Waals surface area contributed by atoms with Gasteiger partial charge >= 0.3 is 6.03 Å². The van der Waals surface area contributed by atoms with E-state index in [9.17, 15) is 18.8 Å². The number of hydrogen-bond donors (Lipinski definition) is 2. The number of urea groups is 1. The lowest BCUT2D eigenvalue weighted by molar-refractivity contribution is -0.138. The fourth-order valence-electron chi connectivity index (χ4n) is 4.21. The van der Waals surface area contributed by atoms with Gasteiger partial charge in [0.15, 0.2) is 0 Å². The average molecular weight is 443 g/mol. The van der Waals surface area contributed by atoms with E-state index in [1.807, 2.05) is 27.7 Å². The molecule has 0 saturated heterocycles. The van der Waals surface area contributed by atoms with Gasteiger partial charge in [0.25, 0.3) is 5.91 Å². The second-order valence-corrected chi connectivity index (χ2v) is 8.96. The molecule has 0 radical (unpaired) electrons. The van der Waals surface area contributed by atoms with Crippen molar-refractivity contribution in [2.24, 2.45) is 11.8 Å². The highest BCUT2D eigenvalue weighted by molar-refractivity contribution is 6.03. The third kappa shape index (κ3) is 4.54. The summed E-state index contributed by atoms with van der Waals surface area (Å²) in [5.41, 5.74) is 1.36. The second kappa shape index (κ2) is 9.54. The molecule has 2 heterocycles. The maximum absolute atomic E-state index is 13.9. The fraction of sp³-hybridized carbons (Fsp3) is 0.458. The largest absolute Gasteiger partial charge is 0.354 e. The van der Waals surface area contributed by atoms with Crippen LogP contribution in [0, 0.1) is 17.7 Å². The molecule has 7 nitrogen and oxygen atoms in total. The quantitative estimate of drug-likeness (QED) is 0.608. The van der Waals surface area contributed by atoms with Crippen LogP contribution in [0.3, 0.4) is 0 Å². The lowest BCUT2D eigenvalue weighted by Gasteiger charge is -2.33. The molecule has 0 aromatic heterocycles. The summed E-state index contributed by atoms with van der Waals surface area (Å²) in [5.74, 6) is -0.880. The minimum Gasteiger partial charge on any atom is -0.354 e. The predicted molar refractivity (Wildman–Crippen MR) is 120 cm³/mol. The average Bonchev–Trinajstić information content (AvgIpc) is 3.05. The summed E-state index contributed by atoms with van der Waals surface area (Å²) in [4.78, 5) is 42.5. The van der Waals surface area contributed by atoms with Crippen LogP contribution in [0.2, 0.25) is 0 Å². The van der Waals surface area contributed by atoms with E-state index in [0.29, 0.717) is 23.4 Å². The maximum atomic E-state index is 13.9. The SMILES string of the molecule is C=CCN1C(=O)NC(c2cccc(F)c2)C2=C1CN(C(C(=O)NCC(C)C)C(C)C)C2=O. The molecule has 32 heavy (non-hydrogen) atoms. The number of halogens is 1. The summed E-state index contributed by atoms with van der Waals surface area (Å²) in [6, 6.07) is 3.96. The van der Waals surface area contributed by atoms with Gasteiger partial charge in [0.1, 0.15) is 11.9 Å². The lowest BCUT2D eigenvalue weighted by Crippen LogP contribution is -2.52. The topological polar surface area (TPSA) is 81.8 Å². The smallest absolute Gasteiger partial charge is 0.322 e. The van der Waals surface area contributed by atoms with E-state index in [1.54, 1.807) is 18.2 Å². The van der Waals surface area contributed by atoms with Crippen molar-refractivity contribution in [2.45, 2.75) is 39.8 Å². The number of nitrogens with zero attached hydrogens (tertiary/aromatic N) is 2. The van der Waals surface area contributed by atoms with E-state index in [-0.39, 0.29) is 36.7 Å². The normalized spacial score (nSPS) is 19.4. The summed E-state index contributed by atoms with van der Waals surface area (Å²) in [7, 11) is 0. The Labute approximate surface area is 188 Å². The third-order valence-corrected chi connectivity index (χ3v) is 5.66. The minimum absolute atomic E-state index is 0.124. The fourth-order valence-corrected chi connectivity index (χ4v) is 4.21. The van der Waals surface area contributed by atoms with Gasteiger partial charge in [-0.05, 0) is 29.5 Å². The number of nitrogens with one attached hydrogen (secondary N) is 2. The van der Waals surface area contributed by atoms with Gasteiger partial charge in [-0.25, -0.2) is 9.18 Å². The van der Waals surface area contributed by atoms with Gasteiger partial charge < -0.3 is 15.5 Å². The highest BCUT2D eigenvalue weighted by atomic mass is 19.1. The molecule has 0 spiro atoms. The molecule has 2 atom stereocenters. The van der Waals surface area contributed by atoms with Gasteiger partial charge in [-0.3, -0.25) is 14.5 Å². The molecule has 1 aromatic carbocycles. The maximum Gasteiger partial charge on any atom is 0.322 e. The number of carbonyl (C=O) groups is 3. The Morgan fingerprint density at radius 3 is 2.62 bits per heavy atom. The first-order valence-electron chi connectivity index (χ1n) is 10.9. The third-order valence-electron chi connectivity index (χ3n) is 5.66. The van der Waals surface area contributed by atoms with E-state index in [2.05, 4.69) is 17.2 Å². The molecule has 2 aliphatic heterocycles. The molecule has 2 N–H and O–H groups in total. The Morgan fingerprint density at radius 2 is 2.03 bits per heavy atom. The minimum atomic E-state index is -0.793. The zero-order valence-electron chi connectivity index (χ0n) is 19.0. The zero-order valence-corrected chi connectivity index (χ0v) is 19.0. The van der Waals surface area contributed by atoms with Crippen molar-refractivity contribution in [3.63, 3.8) is 0 Å². The Morgan fingerprint density at radius 1 is 1.31 bits per heavy atom. The van der Waals surface area contributed by atoms with Crippen LogP contribution < -0.4 is 10.6 Å². The summed E-state index contributed by atoms with van der Waals surface area (Å²) in [6.07, 6.45) is 1.58. The molecule has 2 unspecified atom stereocenters. The van der Waals surface area contributed by atoms with Gasteiger partial charge in [0.05, 0.1) is 23.9 Å². The molecule has 0 fully saturated rings. The van der Waals surface area contributed by atoms with Crippen LogP contribution in [0.15, 0.2) is 48.2 Å². The van der Waals surface area contributed by atoms with E-state index < -0.39 is 23.9 Å². The van der Waals surface area contributed by atoms with Crippen LogP contribution in [0.5, 0.6) is 0 Å². The molecule has 8 heteroatoms. The highest BCUT2D eigenvalue weighted by Crippen LogP contribution is 2.38. The van der Waals surface area contributed by atoms with Crippen molar-refractivity contribution in [3.05, 3.63) is 59.6 Å². The van der Waals surface area contributed by atoms with Gasteiger partial charge in [0, 0.05) is 13.1 Å². The number of carbonyl (C=O) groups excluding carboxylic acids is 3. The van der Waals surface area contributed by atoms with Crippen molar-refractivity contribution in [1.82, 2.24) is 20.4 Å². The van der Waals surface area contributed by atoms with Crippen LogP contribution >= 0.6 is 0 Å². The first kappa shape index (κ1) is 23.5. The Kier molecular flexibility index (Phi) is 7.01. The van der Waals surface area contributed by atoms with E-state index in [4.69, 9.17) is 0 Å². The summed E-state index contributed by atoms with van der Waals surface area (Å²) >= 11 is 0. The monoisotopic (exact) mass is 442 g/mol. The van der Waals surface area contributed by atoms with E-state index in [1.165, 1.54) is 21.9 Å². The van der Waals surface area contributed by atoms with Gasteiger partial charge in [0.2, 0.25) is 5.91 Å². The van der Waals surface area contributed by atoms with Crippen molar-refractivity contribution >= 4 is 17.8 Å². The van der Waals surface area contributed by atoms with Crippen LogP contribution in [-0.2, 0) is 9.59 Å². The van der Waals surface area contributed by atoms with Crippen molar-refractivity contribution < 1.29 is 18.8 Å². The summed E-state index contributed by atoms with van der Waals surface area (Å²) < 4.78 is 13.9. The standard InChI is InChI=1S/C24H31FN4O3/c1-6-10-28-18-13-29(21(15(4)5)22(30)26-12-14(2)3)23(31)19(18)20(27-24(28)32)16-8-7-9-17(25)11-16/h6-9,11,14-15,20-21H,1,10,12-13H2,2-5H3,(H,26,30)(H,27,32). The Hall–Kier alpha value is -3.16. The molecule has 2 aliphatic rings. The summed E-state index contributed by atoms with van der Waals surface area (Å²) in [5, 5.41) is 5.75. The lowest BCUT2D eigenvalue weighted by atomic mass is 9.95. The van der Waals surface area contributed by atoms with Crippen LogP contribution in [0.1, 0.15) is 39.3 Å². The molecular weight excluding hydrogens is 411 g/mol. The first-order chi connectivity index (χ1) is 15.1. The molecule has 172 valence electrons. The summed E-state index contributed by atoms with van der Waals surface area (Å²) in [6.45, 7) is 12.3. The highest BCUT2D eigenvalue weighted by Gasteiger charge is 2.47. The van der Waals surface area contributed by atoms with Crippen molar-refractivity contribution in [3.8, 4) is 0 Å². The van der Waals surface area contributed by atoms with Crippen LogP contribution in [0.4, 0.5) is 9.18 Å². The van der Waals surface area contributed by atoms with E-state index in [0.717, 1.165) is 0 Å². The predicted octanol–water partition coefficient (Wildman–Crippen LogP) is 2.97. The molecule has 1 aromatic rings. The molecule has 0 bridgehead atoms. The Bertz CT molecular complexity index is 956. The van der Waals surface area contributed by atoms with Crippen molar-refractivity contribution in [2.75, 3.05) is 19.6 Å². The molecular formula is C24H31FN4O3. The van der Waals surface area contributed by atoms with Crippen molar-refractivity contribution in [1.29, 1.82) is 0 Å². The van der Waals surface area contributed by atoms with Crippen LogP contribution in [0.25, 0.3) is 0 Å². The molecule has 3 rings (SSSR count). The second-order valence-electron chi connectivity index (χ2n) is 8.96. The van der Waals surface area contributed by atoms with Gasteiger partial charge in [-0.1, -0.05) is 45.9 Å². The van der Waals surface area contributed by atoms with E-state index >= 15 is 0 Å². The first-order valence-corrected chi connectivity index (χ1v) is 10.9. The number of hydrogen-bond acceptors (Lipinski definition) is 3. The number of amides is 4. The number of benzene rings is 1. The molecule has 0 aliphatic carbocycles. The Balaban J connectivity index is 2.01. The van der Waals surface area contributed by atoms with Crippen LogP contribution in [-0.4, -0.2) is 53.3 Å². The molecule has 0 saturated carbocycles. The van der Waals surface area contributed by atoms with Gasteiger partial charge in [-0.15, -0.1) is 6.58 Å². The van der Waals surface area contributed by atoms with Gasteiger partial charge in [-0.2, -0.15) is 0 Å². The zero-order chi connectivity index (χ0) is 23.6.